The number of rotatable bonds is 4. The van der Waals surface area contributed by atoms with Crippen LogP contribution in [-0.4, -0.2) is 5.91 Å². The van der Waals surface area contributed by atoms with Gasteiger partial charge in [0.25, 0.3) is 5.91 Å². The van der Waals surface area contributed by atoms with Crippen molar-refractivity contribution in [2.24, 2.45) is 0 Å². The van der Waals surface area contributed by atoms with Gasteiger partial charge in [0.15, 0.2) is 0 Å². The summed E-state index contributed by atoms with van der Waals surface area (Å²) in [6, 6.07) is 23.7. The molecule has 0 radical (unpaired) electrons. The van der Waals surface area contributed by atoms with Crippen LogP contribution in [0.25, 0.3) is 11.0 Å². The first-order valence-electron chi connectivity index (χ1n) is 8.77. The molecule has 1 aromatic heterocycles. The van der Waals surface area contributed by atoms with E-state index in [9.17, 15) is 9.59 Å². The Kier molecular flexibility index (Phi) is 4.96. The number of benzene rings is 3. The quantitative estimate of drug-likeness (QED) is 0.482. The van der Waals surface area contributed by atoms with Crippen molar-refractivity contribution in [1.82, 2.24) is 0 Å². The van der Waals surface area contributed by atoms with Gasteiger partial charge in [-0.1, -0.05) is 54.1 Å². The largest absolute Gasteiger partial charge is 0.422 e. The van der Waals surface area contributed by atoms with Crippen molar-refractivity contribution < 1.29 is 9.21 Å². The minimum atomic E-state index is -0.667. The molecule has 3 aromatic carbocycles. The number of hydrogen-bond donors (Lipinski definition) is 1. The molecule has 5 heteroatoms. The third kappa shape index (κ3) is 3.82. The van der Waals surface area contributed by atoms with Gasteiger partial charge in [0.1, 0.15) is 11.1 Å². The number of para-hydroxylation sites is 1. The van der Waals surface area contributed by atoms with Crippen molar-refractivity contribution in [3.05, 3.63) is 111 Å². The molecule has 0 saturated heterocycles. The normalized spacial score (nSPS) is 10.8. The molecule has 0 aliphatic heterocycles. The maximum Gasteiger partial charge on any atom is 0.349 e. The molecule has 1 amide bonds. The number of anilines is 1. The fourth-order valence-corrected chi connectivity index (χ4v) is 3.23. The van der Waals surface area contributed by atoms with E-state index < -0.39 is 11.5 Å². The number of carbonyl (C=O) groups excluding carboxylic acids is 1. The predicted molar refractivity (Wildman–Crippen MR) is 111 cm³/mol. The van der Waals surface area contributed by atoms with Crippen LogP contribution in [0.5, 0.6) is 0 Å². The monoisotopic (exact) mass is 389 g/mol. The highest BCUT2D eigenvalue weighted by atomic mass is 35.5. The summed E-state index contributed by atoms with van der Waals surface area (Å²) in [5.41, 5.74) is 2.35. The molecule has 1 heterocycles. The molecule has 0 fully saturated rings. The lowest BCUT2D eigenvalue weighted by atomic mass is 10.0. The molecule has 4 aromatic rings. The molecule has 28 heavy (non-hydrogen) atoms. The number of amides is 1. The smallest absolute Gasteiger partial charge is 0.349 e. The van der Waals surface area contributed by atoms with Crippen molar-refractivity contribution in [3.8, 4) is 0 Å². The molecular formula is C23H16ClNO3. The average Bonchev–Trinajstić information content (AvgIpc) is 2.70. The Labute approximate surface area is 166 Å². The van der Waals surface area contributed by atoms with E-state index in [0.29, 0.717) is 28.1 Å². The van der Waals surface area contributed by atoms with Gasteiger partial charge in [-0.05, 0) is 53.9 Å². The SMILES string of the molecule is O=C(Nc1ccccc1)c1cc2cc(Cc3ccccc3Cl)ccc2oc1=O. The van der Waals surface area contributed by atoms with Gasteiger partial charge >= 0.3 is 5.63 Å². The minimum Gasteiger partial charge on any atom is -0.422 e. The molecule has 0 aliphatic carbocycles. The van der Waals surface area contributed by atoms with Crippen molar-refractivity contribution in [2.75, 3.05) is 5.32 Å². The highest BCUT2D eigenvalue weighted by molar-refractivity contribution is 6.31. The highest BCUT2D eigenvalue weighted by Gasteiger charge is 2.14. The Balaban J connectivity index is 1.67. The van der Waals surface area contributed by atoms with Crippen molar-refractivity contribution >= 4 is 34.2 Å². The fraction of sp³-hybridized carbons (Fsp3) is 0.0435. The van der Waals surface area contributed by atoms with Crippen LogP contribution < -0.4 is 10.9 Å². The third-order valence-electron chi connectivity index (χ3n) is 4.43. The van der Waals surface area contributed by atoms with E-state index in [1.807, 2.05) is 42.5 Å². The molecule has 4 rings (SSSR count). The molecule has 0 bridgehead atoms. The molecule has 0 atom stereocenters. The second-order valence-corrected chi connectivity index (χ2v) is 6.82. The molecular weight excluding hydrogens is 374 g/mol. The third-order valence-corrected chi connectivity index (χ3v) is 4.79. The van der Waals surface area contributed by atoms with E-state index in [2.05, 4.69) is 5.32 Å². The summed E-state index contributed by atoms with van der Waals surface area (Å²) >= 11 is 6.24. The molecule has 0 saturated carbocycles. The Morgan fingerprint density at radius 2 is 1.68 bits per heavy atom. The van der Waals surface area contributed by atoms with Gasteiger partial charge in [0, 0.05) is 16.1 Å². The van der Waals surface area contributed by atoms with Gasteiger partial charge in [-0.3, -0.25) is 4.79 Å². The number of carbonyl (C=O) groups is 1. The number of halogens is 1. The van der Waals surface area contributed by atoms with Crippen LogP contribution in [0.4, 0.5) is 5.69 Å². The van der Waals surface area contributed by atoms with Crippen molar-refractivity contribution in [3.63, 3.8) is 0 Å². The molecule has 0 aliphatic rings. The first-order valence-corrected chi connectivity index (χ1v) is 9.14. The van der Waals surface area contributed by atoms with Crippen LogP contribution in [-0.2, 0) is 6.42 Å². The zero-order chi connectivity index (χ0) is 19.5. The number of fused-ring (bicyclic) bond motifs is 1. The second-order valence-electron chi connectivity index (χ2n) is 6.41. The van der Waals surface area contributed by atoms with Gasteiger partial charge in [0.05, 0.1) is 0 Å². The summed E-state index contributed by atoms with van der Waals surface area (Å²) in [4.78, 5) is 24.8. The molecule has 0 spiro atoms. The van der Waals surface area contributed by atoms with Crippen LogP contribution in [0.1, 0.15) is 21.5 Å². The van der Waals surface area contributed by atoms with E-state index >= 15 is 0 Å². The van der Waals surface area contributed by atoms with Crippen molar-refractivity contribution in [2.45, 2.75) is 6.42 Å². The Morgan fingerprint density at radius 3 is 2.46 bits per heavy atom. The molecule has 1 N–H and O–H groups in total. The fourth-order valence-electron chi connectivity index (χ4n) is 3.02. The van der Waals surface area contributed by atoms with E-state index in [-0.39, 0.29) is 5.56 Å². The van der Waals surface area contributed by atoms with Crippen LogP contribution >= 0.6 is 11.6 Å². The zero-order valence-electron chi connectivity index (χ0n) is 14.8. The molecule has 138 valence electrons. The van der Waals surface area contributed by atoms with E-state index in [0.717, 1.165) is 11.1 Å². The first kappa shape index (κ1) is 18.0. The summed E-state index contributed by atoms with van der Waals surface area (Å²) in [6.07, 6.45) is 0.639. The Morgan fingerprint density at radius 1 is 0.929 bits per heavy atom. The predicted octanol–water partition coefficient (Wildman–Crippen LogP) is 5.29. The summed E-state index contributed by atoms with van der Waals surface area (Å²) in [6.45, 7) is 0. The van der Waals surface area contributed by atoms with Gasteiger partial charge in [0.2, 0.25) is 0 Å². The summed E-state index contributed by atoms with van der Waals surface area (Å²) in [5, 5.41) is 4.09. The average molecular weight is 390 g/mol. The summed E-state index contributed by atoms with van der Waals surface area (Å²) in [7, 11) is 0. The standard InChI is InChI=1S/C23H16ClNO3/c24-20-9-5-4-6-16(20)12-15-10-11-21-17(13-15)14-19(23(27)28-21)22(26)25-18-7-2-1-3-8-18/h1-11,13-14H,12H2,(H,25,26). The van der Waals surface area contributed by atoms with E-state index in [4.69, 9.17) is 16.0 Å². The molecule has 0 unspecified atom stereocenters. The van der Waals surface area contributed by atoms with Gasteiger partial charge in [-0.25, -0.2) is 4.79 Å². The van der Waals surface area contributed by atoms with Gasteiger partial charge in [-0.2, -0.15) is 0 Å². The maximum atomic E-state index is 12.5. The van der Waals surface area contributed by atoms with Crippen LogP contribution in [0.15, 0.2) is 88.1 Å². The van der Waals surface area contributed by atoms with E-state index in [1.165, 1.54) is 0 Å². The van der Waals surface area contributed by atoms with Crippen LogP contribution in [0, 0.1) is 0 Å². The molecule has 4 nitrogen and oxygen atoms in total. The van der Waals surface area contributed by atoms with Gasteiger partial charge in [-0.15, -0.1) is 0 Å². The lowest BCUT2D eigenvalue weighted by Gasteiger charge is -2.07. The number of nitrogens with one attached hydrogen (secondary N) is 1. The Hall–Kier alpha value is -3.37. The minimum absolute atomic E-state index is 0.0359. The van der Waals surface area contributed by atoms with Crippen LogP contribution in [0.2, 0.25) is 5.02 Å². The van der Waals surface area contributed by atoms with Crippen LogP contribution in [0.3, 0.4) is 0 Å². The van der Waals surface area contributed by atoms with E-state index in [1.54, 1.807) is 36.4 Å². The summed E-state index contributed by atoms with van der Waals surface area (Å²) in [5.74, 6) is -0.502. The second kappa shape index (κ2) is 7.71. The van der Waals surface area contributed by atoms with Gasteiger partial charge < -0.3 is 9.73 Å². The number of hydrogen-bond acceptors (Lipinski definition) is 3. The zero-order valence-corrected chi connectivity index (χ0v) is 15.6. The first-order chi connectivity index (χ1) is 13.6. The Bertz CT molecular complexity index is 1220. The summed E-state index contributed by atoms with van der Waals surface area (Å²) < 4.78 is 5.34. The maximum absolute atomic E-state index is 12.5. The lowest BCUT2D eigenvalue weighted by Crippen LogP contribution is -2.20. The lowest BCUT2D eigenvalue weighted by molar-refractivity contribution is 0.102. The van der Waals surface area contributed by atoms with Crippen molar-refractivity contribution in [1.29, 1.82) is 0 Å². The topological polar surface area (TPSA) is 59.3 Å². The highest BCUT2D eigenvalue weighted by Crippen LogP contribution is 2.22.